The molecule has 0 aliphatic carbocycles. The highest BCUT2D eigenvalue weighted by Gasteiger charge is 2.16. The van der Waals surface area contributed by atoms with Crippen LogP contribution in [-0.2, 0) is 0 Å². The van der Waals surface area contributed by atoms with Gasteiger partial charge >= 0.3 is 0 Å². The molecule has 4 aromatic rings. The minimum Gasteiger partial charge on any atom is -0.271 e. The predicted octanol–water partition coefficient (Wildman–Crippen LogP) is 4.06. The van der Waals surface area contributed by atoms with Crippen LogP contribution in [0.3, 0.4) is 0 Å². The van der Waals surface area contributed by atoms with E-state index in [0.29, 0.717) is 0 Å². The molecule has 0 radical (unpaired) electrons. The van der Waals surface area contributed by atoms with Crippen molar-refractivity contribution in [2.75, 3.05) is 0 Å². The SMILES string of the molecule is NNC(c1ccc2cccnc2c1)c1cc2sccc2s1. The Morgan fingerprint density at radius 1 is 1.10 bits per heavy atom. The van der Waals surface area contributed by atoms with Gasteiger partial charge in [-0.3, -0.25) is 10.8 Å². The van der Waals surface area contributed by atoms with E-state index in [1.807, 2.05) is 12.3 Å². The lowest BCUT2D eigenvalue weighted by atomic mass is 10.0. The summed E-state index contributed by atoms with van der Waals surface area (Å²) in [6.07, 6.45) is 1.82. The van der Waals surface area contributed by atoms with Crippen molar-refractivity contribution in [1.82, 2.24) is 10.4 Å². The molecule has 5 heteroatoms. The number of thiophene rings is 2. The van der Waals surface area contributed by atoms with Gasteiger partial charge in [-0.05, 0) is 35.2 Å². The van der Waals surface area contributed by atoms with Gasteiger partial charge in [0.25, 0.3) is 0 Å². The summed E-state index contributed by atoms with van der Waals surface area (Å²) in [6, 6.07) is 14.7. The zero-order chi connectivity index (χ0) is 14.2. The number of benzene rings is 1. The lowest BCUT2D eigenvalue weighted by Crippen LogP contribution is -2.28. The van der Waals surface area contributed by atoms with Crippen LogP contribution in [-0.4, -0.2) is 4.98 Å². The van der Waals surface area contributed by atoms with Crippen LogP contribution < -0.4 is 11.3 Å². The molecule has 1 aromatic carbocycles. The molecule has 0 spiro atoms. The van der Waals surface area contributed by atoms with E-state index in [9.17, 15) is 0 Å². The number of nitrogens with one attached hydrogen (secondary N) is 1. The molecular weight excluding hydrogens is 298 g/mol. The Bertz CT molecular complexity index is 881. The summed E-state index contributed by atoms with van der Waals surface area (Å²) in [7, 11) is 0. The topological polar surface area (TPSA) is 50.9 Å². The highest BCUT2D eigenvalue weighted by atomic mass is 32.1. The number of pyridine rings is 1. The minimum absolute atomic E-state index is 0.000932. The molecule has 0 aliphatic heterocycles. The number of hydrazine groups is 1. The molecule has 104 valence electrons. The highest BCUT2D eigenvalue weighted by Crippen LogP contribution is 2.36. The number of nitrogens with zero attached hydrogens (tertiary/aromatic N) is 1. The van der Waals surface area contributed by atoms with Gasteiger partial charge in [0, 0.05) is 25.9 Å². The highest BCUT2D eigenvalue weighted by molar-refractivity contribution is 7.27. The van der Waals surface area contributed by atoms with Gasteiger partial charge in [-0.15, -0.1) is 22.7 Å². The van der Waals surface area contributed by atoms with Crippen molar-refractivity contribution in [2.45, 2.75) is 6.04 Å². The maximum absolute atomic E-state index is 5.81. The lowest BCUT2D eigenvalue weighted by molar-refractivity contribution is 0.647. The molecule has 0 aliphatic rings. The fourth-order valence-electron chi connectivity index (χ4n) is 2.53. The maximum atomic E-state index is 5.81. The normalized spacial score (nSPS) is 13.0. The fraction of sp³-hybridized carbons (Fsp3) is 0.0625. The van der Waals surface area contributed by atoms with Crippen LogP contribution in [0.4, 0.5) is 0 Å². The Morgan fingerprint density at radius 3 is 2.90 bits per heavy atom. The van der Waals surface area contributed by atoms with Gasteiger partial charge in [0.15, 0.2) is 0 Å². The standard InChI is InChI=1S/C16H13N3S2/c17-19-16(15-9-14-13(21-15)5-7-20-14)11-4-3-10-2-1-6-18-12(10)8-11/h1-9,16,19H,17H2. The number of aromatic nitrogens is 1. The van der Waals surface area contributed by atoms with Gasteiger partial charge < -0.3 is 0 Å². The van der Waals surface area contributed by atoms with Crippen LogP contribution in [0.25, 0.3) is 20.3 Å². The summed E-state index contributed by atoms with van der Waals surface area (Å²) in [5.74, 6) is 5.81. The summed E-state index contributed by atoms with van der Waals surface area (Å²) in [6.45, 7) is 0. The second-order valence-corrected chi connectivity index (χ2v) is 6.92. The molecule has 21 heavy (non-hydrogen) atoms. The van der Waals surface area contributed by atoms with Gasteiger partial charge in [0.1, 0.15) is 0 Å². The molecule has 0 bridgehead atoms. The van der Waals surface area contributed by atoms with Gasteiger partial charge in [-0.1, -0.05) is 18.2 Å². The number of hydrogen-bond donors (Lipinski definition) is 2. The van der Waals surface area contributed by atoms with Crippen LogP contribution in [0, 0.1) is 0 Å². The minimum atomic E-state index is 0.000932. The first-order chi connectivity index (χ1) is 10.3. The van der Waals surface area contributed by atoms with Gasteiger partial charge in [-0.2, -0.15) is 0 Å². The third-order valence-corrected chi connectivity index (χ3v) is 5.73. The summed E-state index contributed by atoms with van der Waals surface area (Å²) in [5.41, 5.74) is 5.07. The molecule has 4 rings (SSSR count). The van der Waals surface area contributed by atoms with E-state index >= 15 is 0 Å². The first kappa shape index (κ1) is 12.9. The smallest absolute Gasteiger partial charge is 0.0804 e. The predicted molar refractivity (Wildman–Crippen MR) is 90.6 cm³/mol. The fourth-order valence-corrected chi connectivity index (χ4v) is 4.74. The number of rotatable bonds is 3. The van der Waals surface area contributed by atoms with Crippen molar-refractivity contribution in [3.63, 3.8) is 0 Å². The summed E-state index contributed by atoms with van der Waals surface area (Å²) < 4.78 is 2.63. The van der Waals surface area contributed by atoms with Crippen molar-refractivity contribution in [1.29, 1.82) is 0 Å². The average molecular weight is 311 g/mol. The number of nitrogens with two attached hydrogens (primary N) is 1. The van der Waals surface area contributed by atoms with E-state index in [1.165, 1.54) is 14.3 Å². The van der Waals surface area contributed by atoms with E-state index in [2.05, 4.69) is 52.2 Å². The van der Waals surface area contributed by atoms with Crippen LogP contribution in [0.15, 0.2) is 54.0 Å². The van der Waals surface area contributed by atoms with Crippen molar-refractivity contribution < 1.29 is 0 Å². The number of fused-ring (bicyclic) bond motifs is 2. The molecule has 1 atom stereocenters. The monoisotopic (exact) mass is 311 g/mol. The van der Waals surface area contributed by atoms with Crippen LogP contribution in [0.1, 0.15) is 16.5 Å². The van der Waals surface area contributed by atoms with Crippen molar-refractivity contribution >= 4 is 43.0 Å². The van der Waals surface area contributed by atoms with Crippen LogP contribution in [0.2, 0.25) is 0 Å². The molecule has 0 saturated heterocycles. The van der Waals surface area contributed by atoms with Crippen LogP contribution in [0.5, 0.6) is 0 Å². The Balaban J connectivity index is 1.81. The van der Waals surface area contributed by atoms with Crippen molar-refractivity contribution in [3.8, 4) is 0 Å². The Labute approximate surface area is 130 Å². The van der Waals surface area contributed by atoms with Gasteiger partial charge in [0.2, 0.25) is 0 Å². The molecule has 0 amide bonds. The second-order valence-electron chi connectivity index (χ2n) is 4.85. The zero-order valence-electron chi connectivity index (χ0n) is 11.1. The van der Waals surface area contributed by atoms with Gasteiger partial charge in [0.05, 0.1) is 11.6 Å². The first-order valence-electron chi connectivity index (χ1n) is 6.63. The molecule has 0 fully saturated rings. The summed E-state index contributed by atoms with van der Waals surface area (Å²) in [4.78, 5) is 5.65. The molecule has 3 aromatic heterocycles. The number of hydrogen-bond acceptors (Lipinski definition) is 5. The summed E-state index contributed by atoms with van der Waals surface area (Å²) in [5, 5.41) is 3.26. The van der Waals surface area contributed by atoms with Crippen molar-refractivity contribution in [2.24, 2.45) is 5.84 Å². The largest absolute Gasteiger partial charge is 0.271 e. The van der Waals surface area contributed by atoms with E-state index in [1.54, 1.807) is 22.7 Å². The molecule has 3 heterocycles. The molecular formula is C16H13N3S2. The second kappa shape index (κ2) is 5.20. The van der Waals surface area contributed by atoms with E-state index in [4.69, 9.17) is 5.84 Å². The van der Waals surface area contributed by atoms with Crippen molar-refractivity contribution in [3.05, 3.63) is 64.5 Å². The lowest BCUT2D eigenvalue weighted by Gasteiger charge is -2.15. The Morgan fingerprint density at radius 2 is 2.05 bits per heavy atom. The Hall–Kier alpha value is -1.79. The average Bonchev–Trinajstić information content (AvgIpc) is 3.09. The quantitative estimate of drug-likeness (QED) is 0.443. The van der Waals surface area contributed by atoms with E-state index in [0.717, 1.165) is 16.5 Å². The van der Waals surface area contributed by atoms with Crippen LogP contribution >= 0.6 is 22.7 Å². The van der Waals surface area contributed by atoms with E-state index < -0.39 is 0 Å². The molecule has 3 N–H and O–H groups in total. The summed E-state index contributed by atoms with van der Waals surface area (Å²) >= 11 is 3.55. The van der Waals surface area contributed by atoms with Gasteiger partial charge in [-0.25, -0.2) is 5.43 Å². The molecule has 0 saturated carbocycles. The first-order valence-corrected chi connectivity index (χ1v) is 8.32. The third-order valence-electron chi connectivity index (χ3n) is 3.57. The van der Waals surface area contributed by atoms with E-state index in [-0.39, 0.29) is 6.04 Å². The Kier molecular flexibility index (Phi) is 3.20. The molecule has 3 nitrogen and oxygen atoms in total. The third kappa shape index (κ3) is 2.24. The maximum Gasteiger partial charge on any atom is 0.0804 e. The molecule has 1 unspecified atom stereocenters. The zero-order valence-corrected chi connectivity index (χ0v) is 12.7.